The Balaban J connectivity index is 1.54. The number of amides is 1. The lowest BCUT2D eigenvalue weighted by Crippen LogP contribution is -2.41. The van der Waals surface area contributed by atoms with Gasteiger partial charge in [0, 0.05) is 30.6 Å². The van der Waals surface area contributed by atoms with Gasteiger partial charge in [-0.3, -0.25) is 4.79 Å². The van der Waals surface area contributed by atoms with Crippen LogP contribution in [0.3, 0.4) is 0 Å². The van der Waals surface area contributed by atoms with Crippen molar-refractivity contribution in [1.29, 1.82) is 0 Å². The summed E-state index contributed by atoms with van der Waals surface area (Å²) in [7, 11) is 0. The number of rotatable bonds is 4. The number of halogens is 1. The second-order valence-electron chi connectivity index (χ2n) is 5.29. The number of nitrogens with zero attached hydrogens (tertiary/aromatic N) is 2. The maximum absolute atomic E-state index is 12.8. The van der Waals surface area contributed by atoms with E-state index < -0.39 is 0 Å². The van der Waals surface area contributed by atoms with Gasteiger partial charge < -0.3 is 9.64 Å². The molecular weight excluding hydrogens is 303 g/mol. The van der Waals surface area contributed by atoms with Gasteiger partial charge in [0.1, 0.15) is 11.6 Å². The summed E-state index contributed by atoms with van der Waals surface area (Å²) in [5, 5.41) is 3.06. The summed E-state index contributed by atoms with van der Waals surface area (Å²) in [5.41, 5.74) is 0. The SMILES string of the molecule is O=C(COc1ccc(F)cc1)N1CCC[C@@H](c2nccs2)C1. The number of aromatic nitrogens is 1. The number of carbonyl (C=O) groups excluding carboxylic acids is 1. The minimum Gasteiger partial charge on any atom is -0.484 e. The third-order valence-electron chi connectivity index (χ3n) is 3.75. The summed E-state index contributed by atoms with van der Waals surface area (Å²) in [6, 6.07) is 5.69. The van der Waals surface area contributed by atoms with Crippen LogP contribution in [0.1, 0.15) is 23.8 Å². The molecule has 1 aliphatic rings. The Kier molecular flexibility index (Phi) is 4.68. The van der Waals surface area contributed by atoms with Gasteiger partial charge in [0.2, 0.25) is 0 Å². The molecule has 1 fully saturated rings. The Morgan fingerprint density at radius 3 is 2.95 bits per heavy atom. The zero-order valence-electron chi connectivity index (χ0n) is 12.1. The van der Waals surface area contributed by atoms with Crippen molar-refractivity contribution in [3.05, 3.63) is 46.7 Å². The van der Waals surface area contributed by atoms with Gasteiger partial charge in [-0.1, -0.05) is 0 Å². The quantitative estimate of drug-likeness (QED) is 0.869. The van der Waals surface area contributed by atoms with E-state index in [2.05, 4.69) is 4.98 Å². The fraction of sp³-hybridized carbons (Fsp3) is 0.375. The molecular formula is C16H17FN2O2S. The van der Waals surface area contributed by atoms with Crippen LogP contribution in [0.5, 0.6) is 5.75 Å². The highest BCUT2D eigenvalue weighted by atomic mass is 32.1. The maximum atomic E-state index is 12.8. The number of hydrogen-bond acceptors (Lipinski definition) is 4. The van der Waals surface area contributed by atoms with Gasteiger partial charge >= 0.3 is 0 Å². The van der Waals surface area contributed by atoms with Gasteiger partial charge in [0.15, 0.2) is 6.61 Å². The maximum Gasteiger partial charge on any atom is 0.260 e. The van der Waals surface area contributed by atoms with E-state index in [1.807, 2.05) is 10.3 Å². The predicted molar refractivity (Wildman–Crippen MR) is 82.6 cm³/mol. The molecule has 1 saturated heterocycles. The number of thiazole rings is 1. The summed E-state index contributed by atoms with van der Waals surface area (Å²) in [6.45, 7) is 1.43. The minimum absolute atomic E-state index is 0.0176. The van der Waals surface area contributed by atoms with Crippen molar-refractivity contribution in [2.45, 2.75) is 18.8 Å². The van der Waals surface area contributed by atoms with Crippen LogP contribution in [0.25, 0.3) is 0 Å². The topological polar surface area (TPSA) is 42.4 Å². The number of likely N-dealkylation sites (tertiary alicyclic amines) is 1. The largest absolute Gasteiger partial charge is 0.484 e. The van der Waals surface area contributed by atoms with Gasteiger partial charge in [-0.05, 0) is 37.1 Å². The van der Waals surface area contributed by atoms with E-state index in [9.17, 15) is 9.18 Å². The van der Waals surface area contributed by atoms with E-state index in [-0.39, 0.29) is 18.3 Å². The van der Waals surface area contributed by atoms with Crippen LogP contribution in [0.2, 0.25) is 0 Å². The Labute approximate surface area is 132 Å². The lowest BCUT2D eigenvalue weighted by molar-refractivity contribution is -0.134. The number of benzene rings is 1. The van der Waals surface area contributed by atoms with Crippen LogP contribution in [0.15, 0.2) is 35.8 Å². The summed E-state index contributed by atoms with van der Waals surface area (Å²) in [6.07, 6.45) is 3.85. The summed E-state index contributed by atoms with van der Waals surface area (Å²) in [5.74, 6) is 0.471. The average molecular weight is 320 g/mol. The number of hydrogen-bond donors (Lipinski definition) is 0. The molecule has 1 atom stereocenters. The zero-order valence-corrected chi connectivity index (χ0v) is 12.9. The summed E-state index contributed by atoms with van der Waals surface area (Å²) in [4.78, 5) is 18.4. The molecule has 0 aliphatic carbocycles. The van der Waals surface area contributed by atoms with Crippen LogP contribution in [-0.2, 0) is 4.79 Å². The van der Waals surface area contributed by atoms with Gasteiger partial charge in [0.05, 0.1) is 5.01 Å². The van der Waals surface area contributed by atoms with Crippen LogP contribution in [-0.4, -0.2) is 35.5 Å². The van der Waals surface area contributed by atoms with Crippen molar-refractivity contribution in [1.82, 2.24) is 9.88 Å². The third kappa shape index (κ3) is 3.62. The first kappa shape index (κ1) is 15.0. The Bertz CT molecular complexity index is 616. The first-order valence-corrected chi connectivity index (χ1v) is 8.16. The van der Waals surface area contributed by atoms with Crippen LogP contribution >= 0.6 is 11.3 Å². The molecule has 0 N–H and O–H groups in total. The van der Waals surface area contributed by atoms with Crippen molar-refractivity contribution >= 4 is 17.2 Å². The van der Waals surface area contributed by atoms with E-state index in [4.69, 9.17) is 4.74 Å². The minimum atomic E-state index is -0.319. The van der Waals surface area contributed by atoms with Crippen molar-refractivity contribution < 1.29 is 13.9 Å². The molecule has 4 nitrogen and oxygen atoms in total. The molecule has 0 saturated carbocycles. The van der Waals surface area contributed by atoms with Gasteiger partial charge in [0.25, 0.3) is 5.91 Å². The molecule has 1 aliphatic heterocycles. The van der Waals surface area contributed by atoms with E-state index >= 15 is 0 Å². The van der Waals surface area contributed by atoms with Crippen LogP contribution < -0.4 is 4.74 Å². The van der Waals surface area contributed by atoms with Gasteiger partial charge in [-0.15, -0.1) is 11.3 Å². The molecule has 2 aromatic rings. The first-order valence-electron chi connectivity index (χ1n) is 7.28. The normalized spacial score (nSPS) is 18.2. The standard InChI is InChI=1S/C16H17FN2O2S/c17-13-3-5-14(6-4-13)21-11-15(20)19-8-1-2-12(10-19)16-18-7-9-22-16/h3-7,9,12H,1-2,8,10-11H2/t12-/m1/s1. The molecule has 0 spiro atoms. The molecule has 1 aromatic carbocycles. The smallest absolute Gasteiger partial charge is 0.260 e. The molecule has 3 rings (SSSR count). The molecule has 0 radical (unpaired) electrons. The number of carbonyl (C=O) groups is 1. The fourth-order valence-electron chi connectivity index (χ4n) is 2.61. The molecule has 0 unspecified atom stereocenters. The molecule has 6 heteroatoms. The van der Waals surface area contributed by atoms with E-state index in [1.165, 1.54) is 24.3 Å². The lowest BCUT2D eigenvalue weighted by atomic mass is 9.99. The Morgan fingerprint density at radius 1 is 1.41 bits per heavy atom. The molecule has 1 aromatic heterocycles. The van der Waals surface area contributed by atoms with E-state index in [0.717, 1.165) is 24.4 Å². The highest BCUT2D eigenvalue weighted by Gasteiger charge is 2.26. The monoisotopic (exact) mass is 320 g/mol. The van der Waals surface area contributed by atoms with Crippen molar-refractivity contribution in [3.63, 3.8) is 0 Å². The second kappa shape index (κ2) is 6.87. The molecule has 0 bridgehead atoms. The van der Waals surface area contributed by atoms with E-state index in [1.54, 1.807) is 17.5 Å². The average Bonchev–Trinajstić information content (AvgIpc) is 3.09. The highest BCUT2D eigenvalue weighted by Crippen LogP contribution is 2.28. The second-order valence-corrected chi connectivity index (χ2v) is 6.22. The molecule has 22 heavy (non-hydrogen) atoms. The Hall–Kier alpha value is -1.95. The highest BCUT2D eigenvalue weighted by molar-refractivity contribution is 7.09. The lowest BCUT2D eigenvalue weighted by Gasteiger charge is -2.31. The number of piperidine rings is 1. The Morgan fingerprint density at radius 2 is 2.23 bits per heavy atom. The van der Waals surface area contributed by atoms with Crippen LogP contribution in [0, 0.1) is 5.82 Å². The van der Waals surface area contributed by atoms with Gasteiger partial charge in [-0.25, -0.2) is 9.37 Å². The van der Waals surface area contributed by atoms with Crippen LogP contribution in [0.4, 0.5) is 4.39 Å². The zero-order chi connectivity index (χ0) is 15.4. The third-order valence-corrected chi connectivity index (χ3v) is 4.69. The van der Waals surface area contributed by atoms with Crippen molar-refractivity contribution in [2.75, 3.05) is 19.7 Å². The molecule has 116 valence electrons. The summed E-state index contributed by atoms with van der Waals surface area (Å²) < 4.78 is 18.2. The number of ether oxygens (including phenoxy) is 1. The van der Waals surface area contributed by atoms with Crippen molar-refractivity contribution in [3.8, 4) is 5.75 Å². The summed E-state index contributed by atoms with van der Waals surface area (Å²) >= 11 is 1.64. The molecule has 2 heterocycles. The van der Waals surface area contributed by atoms with E-state index in [0.29, 0.717) is 18.2 Å². The van der Waals surface area contributed by atoms with Crippen molar-refractivity contribution in [2.24, 2.45) is 0 Å². The molecule has 1 amide bonds. The van der Waals surface area contributed by atoms with Gasteiger partial charge in [-0.2, -0.15) is 0 Å². The predicted octanol–water partition coefficient (Wildman–Crippen LogP) is 3.07. The first-order chi connectivity index (χ1) is 10.7. The fourth-order valence-corrected chi connectivity index (χ4v) is 3.38.